The van der Waals surface area contributed by atoms with Gasteiger partial charge in [-0.25, -0.2) is 0 Å². The van der Waals surface area contributed by atoms with Gasteiger partial charge in [-0.05, 0) is 56.0 Å². The molecule has 0 saturated carbocycles. The summed E-state index contributed by atoms with van der Waals surface area (Å²) in [6.45, 7) is 8.19. The molecule has 0 saturated heterocycles. The van der Waals surface area contributed by atoms with Gasteiger partial charge in [0.1, 0.15) is 6.04 Å². The van der Waals surface area contributed by atoms with Crippen LogP contribution in [0.1, 0.15) is 43.9 Å². The predicted octanol–water partition coefficient (Wildman–Crippen LogP) is 4.52. The molecule has 28 heavy (non-hydrogen) atoms. The molecule has 4 nitrogen and oxygen atoms in total. The van der Waals surface area contributed by atoms with Gasteiger partial charge >= 0.3 is 0 Å². The lowest BCUT2D eigenvalue weighted by atomic mass is 10.0. The molecular formula is C23H29ClN2O2. The number of benzene rings is 2. The van der Waals surface area contributed by atoms with Crippen molar-refractivity contribution in [1.82, 2.24) is 10.2 Å². The van der Waals surface area contributed by atoms with Crippen molar-refractivity contribution in [2.75, 3.05) is 0 Å². The van der Waals surface area contributed by atoms with Crippen molar-refractivity contribution in [3.8, 4) is 0 Å². The Morgan fingerprint density at radius 2 is 1.82 bits per heavy atom. The summed E-state index contributed by atoms with van der Waals surface area (Å²) in [6, 6.07) is 14.7. The van der Waals surface area contributed by atoms with E-state index in [1.807, 2.05) is 64.1 Å². The van der Waals surface area contributed by atoms with Gasteiger partial charge in [-0.3, -0.25) is 9.59 Å². The third-order valence-corrected chi connectivity index (χ3v) is 4.90. The lowest BCUT2D eigenvalue weighted by molar-refractivity contribution is -0.141. The molecule has 0 fully saturated rings. The average Bonchev–Trinajstić information content (AvgIpc) is 2.62. The Hall–Kier alpha value is -2.33. The van der Waals surface area contributed by atoms with Crippen LogP contribution in [0.3, 0.4) is 0 Å². The first-order valence-electron chi connectivity index (χ1n) is 9.70. The van der Waals surface area contributed by atoms with Crippen LogP contribution < -0.4 is 5.32 Å². The maximum atomic E-state index is 13.2. The largest absolute Gasteiger partial charge is 0.352 e. The van der Waals surface area contributed by atoms with E-state index < -0.39 is 6.04 Å². The molecule has 150 valence electrons. The van der Waals surface area contributed by atoms with Gasteiger partial charge in [0.05, 0.1) is 6.42 Å². The quantitative estimate of drug-likeness (QED) is 0.708. The van der Waals surface area contributed by atoms with Crippen molar-refractivity contribution in [2.24, 2.45) is 0 Å². The molecular weight excluding hydrogens is 372 g/mol. The molecule has 2 rings (SSSR count). The second-order valence-corrected chi connectivity index (χ2v) is 7.78. The zero-order valence-corrected chi connectivity index (χ0v) is 17.8. The summed E-state index contributed by atoms with van der Waals surface area (Å²) in [5.41, 5.74) is 2.98. The Balaban J connectivity index is 2.32. The molecule has 0 bridgehead atoms. The molecule has 0 unspecified atom stereocenters. The van der Waals surface area contributed by atoms with Crippen LogP contribution in [0.25, 0.3) is 0 Å². The standard InChI is InChI=1S/C23H29ClN2O2/c1-5-21(23(28)25-16(2)3)26(15-19-11-7-6-9-17(19)4)22(27)14-18-10-8-12-20(24)13-18/h6-13,16,21H,5,14-15H2,1-4H3,(H,25,28)/t21-/m0/s1. The number of aryl methyl sites for hydroxylation is 1. The van der Waals surface area contributed by atoms with E-state index in [4.69, 9.17) is 11.6 Å². The number of rotatable bonds is 8. The molecule has 0 spiro atoms. The third-order valence-electron chi connectivity index (χ3n) is 4.66. The highest BCUT2D eigenvalue weighted by atomic mass is 35.5. The van der Waals surface area contributed by atoms with E-state index in [2.05, 4.69) is 5.32 Å². The first-order chi connectivity index (χ1) is 13.3. The summed E-state index contributed by atoms with van der Waals surface area (Å²) in [5, 5.41) is 3.55. The number of amides is 2. The summed E-state index contributed by atoms with van der Waals surface area (Å²) in [4.78, 5) is 27.7. The van der Waals surface area contributed by atoms with Gasteiger partial charge < -0.3 is 10.2 Å². The maximum Gasteiger partial charge on any atom is 0.243 e. The SMILES string of the molecule is CC[C@@H](C(=O)NC(C)C)N(Cc1ccccc1C)C(=O)Cc1cccc(Cl)c1. The number of halogens is 1. The van der Waals surface area contributed by atoms with E-state index in [0.717, 1.165) is 16.7 Å². The Morgan fingerprint density at radius 1 is 1.11 bits per heavy atom. The Morgan fingerprint density at radius 3 is 2.43 bits per heavy atom. The number of hydrogen-bond donors (Lipinski definition) is 1. The van der Waals surface area contributed by atoms with E-state index in [-0.39, 0.29) is 24.3 Å². The normalized spacial score (nSPS) is 11.9. The van der Waals surface area contributed by atoms with E-state index >= 15 is 0 Å². The van der Waals surface area contributed by atoms with Crippen LogP contribution in [0.15, 0.2) is 48.5 Å². The monoisotopic (exact) mass is 400 g/mol. The van der Waals surface area contributed by atoms with Crippen LogP contribution in [0.4, 0.5) is 0 Å². The first-order valence-corrected chi connectivity index (χ1v) is 10.1. The van der Waals surface area contributed by atoms with Gasteiger partial charge in [-0.15, -0.1) is 0 Å². The lowest BCUT2D eigenvalue weighted by Gasteiger charge is -2.31. The molecule has 0 aliphatic carbocycles. The lowest BCUT2D eigenvalue weighted by Crippen LogP contribution is -2.50. The number of nitrogens with zero attached hydrogens (tertiary/aromatic N) is 1. The van der Waals surface area contributed by atoms with Gasteiger partial charge in [0.2, 0.25) is 11.8 Å². The topological polar surface area (TPSA) is 49.4 Å². The van der Waals surface area contributed by atoms with Gasteiger partial charge in [-0.2, -0.15) is 0 Å². The number of hydrogen-bond acceptors (Lipinski definition) is 2. The highest BCUT2D eigenvalue weighted by molar-refractivity contribution is 6.30. The van der Waals surface area contributed by atoms with Crippen LogP contribution in [-0.2, 0) is 22.6 Å². The van der Waals surface area contributed by atoms with E-state index in [1.54, 1.807) is 17.0 Å². The van der Waals surface area contributed by atoms with Crippen LogP contribution in [-0.4, -0.2) is 28.8 Å². The highest BCUT2D eigenvalue weighted by Gasteiger charge is 2.29. The molecule has 0 radical (unpaired) electrons. The van der Waals surface area contributed by atoms with Gasteiger partial charge in [0.15, 0.2) is 0 Å². The molecule has 5 heteroatoms. The van der Waals surface area contributed by atoms with Crippen molar-refractivity contribution >= 4 is 23.4 Å². The van der Waals surface area contributed by atoms with E-state index in [0.29, 0.717) is 18.0 Å². The predicted molar refractivity (Wildman–Crippen MR) is 114 cm³/mol. The molecule has 0 heterocycles. The summed E-state index contributed by atoms with van der Waals surface area (Å²) >= 11 is 6.07. The molecule has 0 aromatic heterocycles. The fourth-order valence-electron chi connectivity index (χ4n) is 3.19. The maximum absolute atomic E-state index is 13.2. The summed E-state index contributed by atoms with van der Waals surface area (Å²) in [6.07, 6.45) is 0.754. The van der Waals surface area contributed by atoms with Crippen LogP contribution >= 0.6 is 11.6 Å². The molecule has 2 aromatic rings. The second-order valence-electron chi connectivity index (χ2n) is 7.34. The van der Waals surface area contributed by atoms with Crippen molar-refractivity contribution in [2.45, 2.75) is 59.2 Å². The minimum absolute atomic E-state index is 0.0184. The second kappa shape index (κ2) is 10.3. The minimum Gasteiger partial charge on any atom is -0.352 e. The molecule has 0 aliphatic rings. The Labute approximate surface area is 172 Å². The van der Waals surface area contributed by atoms with Gasteiger partial charge in [0, 0.05) is 17.6 Å². The van der Waals surface area contributed by atoms with Crippen molar-refractivity contribution in [3.05, 3.63) is 70.2 Å². The average molecular weight is 401 g/mol. The summed E-state index contributed by atoms with van der Waals surface area (Å²) < 4.78 is 0. The third kappa shape index (κ3) is 6.10. The molecule has 1 atom stereocenters. The summed E-state index contributed by atoms with van der Waals surface area (Å²) in [5.74, 6) is -0.207. The van der Waals surface area contributed by atoms with Crippen LogP contribution in [0.2, 0.25) is 5.02 Å². The Bertz CT molecular complexity index is 820. The number of nitrogens with one attached hydrogen (secondary N) is 1. The fraction of sp³-hybridized carbons (Fsp3) is 0.391. The van der Waals surface area contributed by atoms with Crippen molar-refractivity contribution < 1.29 is 9.59 Å². The summed E-state index contributed by atoms with van der Waals surface area (Å²) in [7, 11) is 0. The number of carbonyl (C=O) groups is 2. The molecule has 2 amide bonds. The molecule has 2 aromatic carbocycles. The first kappa shape index (κ1) is 22.0. The van der Waals surface area contributed by atoms with Crippen molar-refractivity contribution in [1.29, 1.82) is 0 Å². The minimum atomic E-state index is -0.520. The molecule has 1 N–H and O–H groups in total. The Kier molecular flexibility index (Phi) is 8.06. The van der Waals surface area contributed by atoms with Gasteiger partial charge in [-0.1, -0.05) is 54.9 Å². The zero-order chi connectivity index (χ0) is 20.7. The van der Waals surface area contributed by atoms with Crippen LogP contribution in [0, 0.1) is 6.92 Å². The number of carbonyl (C=O) groups excluding carboxylic acids is 2. The fourth-order valence-corrected chi connectivity index (χ4v) is 3.41. The van der Waals surface area contributed by atoms with Gasteiger partial charge in [0.25, 0.3) is 0 Å². The smallest absolute Gasteiger partial charge is 0.243 e. The zero-order valence-electron chi connectivity index (χ0n) is 17.0. The highest BCUT2D eigenvalue weighted by Crippen LogP contribution is 2.18. The molecule has 0 aliphatic heterocycles. The van der Waals surface area contributed by atoms with E-state index in [1.165, 1.54) is 0 Å². The van der Waals surface area contributed by atoms with Crippen molar-refractivity contribution in [3.63, 3.8) is 0 Å². The van der Waals surface area contributed by atoms with E-state index in [9.17, 15) is 9.59 Å². The van der Waals surface area contributed by atoms with Crippen LogP contribution in [0.5, 0.6) is 0 Å².